The standard InChI is InChI=1S/C17H26N2O.ClH/c1-14-7-9-15(10-8-14)5-3-4-6-17(20)19(2)16-11-12-18-13-16;/h7-10,16,18H,3-6,11-13H2,1-2H3;1H. The number of amides is 1. The summed E-state index contributed by atoms with van der Waals surface area (Å²) in [4.78, 5) is 14.0. The number of nitrogens with one attached hydrogen (secondary N) is 1. The highest BCUT2D eigenvalue weighted by atomic mass is 35.5. The largest absolute Gasteiger partial charge is 0.341 e. The Morgan fingerprint density at radius 1 is 1.29 bits per heavy atom. The average Bonchev–Trinajstić information content (AvgIpc) is 2.98. The minimum Gasteiger partial charge on any atom is -0.341 e. The molecule has 1 heterocycles. The summed E-state index contributed by atoms with van der Waals surface area (Å²) in [5.74, 6) is 0.294. The fraction of sp³-hybridized carbons (Fsp3) is 0.588. The molecule has 0 spiro atoms. The van der Waals surface area contributed by atoms with Gasteiger partial charge in [-0.3, -0.25) is 4.79 Å². The van der Waals surface area contributed by atoms with Gasteiger partial charge in [-0.25, -0.2) is 0 Å². The van der Waals surface area contributed by atoms with Gasteiger partial charge in [0.2, 0.25) is 5.91 Å². The summed E-state index contributed by atoms with van der Waals surface area (Å²) in [5.41, 5.74) is 2.67. The lowest BCUT2D eigenvalue weighted by Gasteiger charge is -2.23. The van der Waals surface area contributed by atoms with Gasteiger partial charge in [0.25, 0.3) is 0 Å². The summed E-state index contributed by atoms with van der Waals surface area (Å²) in [6.45, 7) is 4.09. The number of rotatable bonds is 6. The summed E-state index contributed by atoms with van der Waals surface area (Å²) >= 11 is 0. The third-order valence-electron chi connectivity index (χ3n) is 4.20. The molecule has 1 aromatic rings. The summed E-state index contributed by atoms with van der Waals surface area (Å²) in [6, 6.07) is 9.09. The number of carbonyl (C=O) groups is 1. The molecule has 0 aliphatic carbocycles. The van der Waals surface area contributed by atoms with Crippen LogP contribution in [0.25, 0.3) is 0 Å². The summed E-state index contributed by atoms with van der Waals surface area (Å²) in [6.07, 6.45) is 4.91. The number of hydrogen-bond acceptors (Lipinski definition) is 2. The highest BCUT2D eigenvalue weighted by Gasteiger charge is 2.22. The molecule has 0 radical (unpaired) electrons. The molecule has 3 nitrogen and oxygen atoms in total. The molecule has 0 saturated carbocycles. The van der Waals surface area contributed by atoms with Gasteiger partial charge in [-0.1, -0.05) is 29.8 Å². The number of benzene rings is 1. The normalized spacial score (nSPS) is 17.3. The molecule has 1 N–H and O–H groups in total. The van der Waals surface area contributed by atoms with Gasteiger partial charge in [0.1, 0.15) is 0 Å². The summed E-state index contributed by atoms with van der Waals surface area (Å²) in [5, 5.41) is 3.31. The van der Waals surface area contributed by atoms with E-state index in [1.165, 1.54) is 11.1 Å². The van der Waals surface area contributed by atoms with Crippen LogP contribution in [-0.4, -0.2) is 37.0 Å². The highest BCUT2D eigenvalue weighted by Crippen LogP contribution is 2.11. The van der Waals surface area contributed by atoms with Gasteiger partial charge in [-0.15, -0.1) is 12.4 Å². The molecule has 1 atom stereocenters. The lowest BCUT2D eigenvalue weighted by Crippen LogP contribution is -2.38. The van der Waals surface area contributed by atoms with E-state index >= 15 is 0 Å². The predicted molar refractivity (Wildman–Crippen MR) is 90.0 cm³/mol. The van der Waals surface area contributed by atoms with E-state index in [0.717, 1.165) is 38.8 Å². The number of likely N-dealkylation sites (N-methyl/N-ethyl adjacent to an activating group) is 1. The fourth-order valence-corrected chi connectivity index (χ4v) is 2.71. The first-order valence-corrected chi connectivity index (χ1v) is 7.69. The van der Waals surface area contributed by atoms with E-state index in [2.05, 4.69) is 36.5 Å². The maximum absolute atomic E-state index is 12.1. The van der Waals surface area contributed by atoms with Crippen LogP contribution in [0.5, 0.6) is 0 Å². The zero-order valence-electron chi connectivity index (χ0n) is 13.1. The second-order valence-corrected chi connectivity index (χ2v) is 5.84. The van der Waals surface area contributed by atoms with Gasteiger partial charge in [0.15, 0.2) is 0 Å². The Morgan fingerprint density at radius 3 is 2.62 bits per heavy atom. The molecule has 1 aromatic carbocycles. The van der Waals surface area contributed by atoms with Gasteiger partial charge >= 0.3 is 0 Å². The Morgan fingerprint density at radius 2 is 2.00 bits per heavy atom. The van der Waals surface area contributed by atoms with Crippen LogP contribution in [0.3, 0.4) is 0 Å². The van der Waals surface area contributed by atoms with E-state index in [-0.39, 0.29) is 12.4 Å². The molecule has 1 saturated heterocycles. The van der Waals surface area contributed by atoms with Crippen molar-refractivity contribution in [2.75, 3.05) is 20.1 Å². The van der Waals surface area contributed by atoms with Crippen molar-refractivity contribution in [3.05, 3.63) is 35.4 Å². The highest BCUT2D eigenvalue weighted by molar-refractivity contribution is 5.85. The first kappa shape index (κ1) is 18.0. The van der Waals surface area contributed by atoms with Crippen molar-refractivity contribution in [2.24, 2.45) is 0 Å². The SMILES string of the molecule is Cc1ccc(CCCCC(=O)N(C)C2CCNC2)cc1.Cl. The van der Waals surface area contributed by atoms with Crippen molar-refractivity contribution in [3.8, 4) is 0 Å². The smallest absolute Gasteiger partial charge is 0.222 e. The molecule has 0 aromatic heterocycles. The van der Waals surface area contributed by atoms with E-state index in [9.17, 15) is 4.79 Å². The van der Waals surface area contributed by atoms with Crippen LogP contribution in [0.4, 0.5) is 0 Å². The van der Waals surface area contributed by atoms with Crippen LogP contribution in [0.1, 0.15) is 36.8 Å². The number of nitrogens with zero attached hydrogens (tertiary/aromatic N) is 1. The van der Waals surface area contributed by atoms with Gasteiger partial charge in [0.05, 0.1) is 0 Å². The number of unbranched alkanes of at least 4 members (excludes halogenated alkanes) is 1. The van der Waals surface area contributed by atoms with E-state index in [4.69, 9.17) is 0 Å². The molecular formula is C17H27ClN2O. The first-order chi connectivity index (χ1) is 9.66. The minimum atomic E-state index is 0. The van der Waals surface area contributed by atoms with Crippen molar-refractivity contribution < 1.29 is 4.79 Å². The van der Waals surface area contributed by atoms with Gasteiger partial charge in [-0.05, 0) is 44.7 Å². The minimum absolute atomic E-state index is 0. The summed E-state index contributed by atoms with van der Waals surface area (Å²) in [7, 11) is 1.94. The number of aryl methyl sites for hydroxylation is 2. The Balaban J connectivity index is 0.00000220. The third-order valence-corrected chi connectivity index (χ3v) is 4.20. The zero-order chi connectivity index (χ0) is 14.4. The van der Waals surface area contributed by atoms with E-state index < -0.39 is 0 Å². The van der Waals surface area contributed by atoms with Crippen molar-refractivity contribution in [2.45, 2.75) is 45.1 Å². The maximum atomic E-state index is 12.1. The molecule has 0 bridgehead atoms. The van der Waals surface area contributed by atoms with Crippen LogP contribution in [0.15, 0.2) is 24.3 Å². The average molecular weight is 311 g/mol. The molecule has 1 unspecified atom stereocenters. The van der Waals surface area contributed by atoms with Crippen LogP contribution in [-0.2, 0) is 11.2 Å². The fourth-order valence-electron chi connectivity index (χ4n) is 2.71. The lowest BCUT2D eigenvalue weighted by atomic mass is 10.1. The number of carbonyl (C=O) groups excluding carboxylic acids is 1. The number of hydrogen-bond donors (Lipinski definition) is 1. The topological polar surface area (TPSA) is 32.3 Å². The molecule has 1 aliphatic heterocycles. The molecular weight excluding hydrogens is 284 g/mol. The van der Waals surface area contributed by atoms with Gasteiger partial charge in [-0.2, -0.15) is 0 Å². The third kappa shape index (κ3) is 5.68. The van der Waals surface area contributed by atoms with E-state index in [1.807, 2.05) is 11.9 Å². The molecule has 2 rings (SSSR count). The summed E-state index contributed by atoms with van der Waals surface area (Å²) < 4.78 is 0. The zero-order valence-corrected chi connectivity index (χ0v) is 13.9. The van der Waals surface area contributed by atoms with E-state index in [1.54, 1.807) is 0 Å². The molecule has 1 fully saturated rings. The van der Waals surface area contributed by atoms with Gasteiger partial charge < -0.3 is 10.2 Å². The van der Waals surface area contributed by atoms with Crippen LogP contribution < -0.4 is 5.32 Å². The lowest BCUT2D eigenvalue weighted by molar-refractivity contribution is -0.131. The maximum Gasteiger partial charge on any atom is 0.222 e. The Kier molecular flexibility index (Phi) is 7.76. The molecule has 21 heavy (non-hydrogen) atoms. The molecule has 4 heteroatoms. The number of halogens is 1. The Hall–Kier alpha value is -1.06. The van der Waals surface area contributed by atoms with Crippen molar-refractivity contribution in [1.29, 1.82) is 0 Å². The van der Waals surface area contributed by atoms with Crippen LogP contribution in [0.2, 0.25) is 0 Å². The van der Waals surface area contributed by atoms with Crippen LogP contribution >= 0.6 is 12.4 Å². The second kappa shape index (κ2) is 9.06. The second-order valence-electron chi connectivity index (χ2n) is 5.84. The Bertz CT molecular complexity index is 427. The Labute approximate surface area is 134 Å². The van der Waals surface area contributed by atoms with Crippen molar-refractivity contribution in [3.63, 3.8) is 0 Å². The monoisotopic (exact) mass is 310 g/mol. The van der Waals surface area contributed by atoms with Crippen molar-refractivity contribution in [1.82, 2.24) is 10.2 Å². The predicted octanol–water partition coefficient (Wildman–Crippen LogP) is 2.95. The quantitative estimate of drug-likeness (QED) is 0.819. The van der Waals surface area contributed by atoms with Crippen molar-refractivity contribution >= 4 is 18.3 Å². The molecule has 1 amide bonds. The van der Waals surface area contributed by atoms with Crippen LogP contribution in [0, 0.1) is 6.92 Å². The molecule has 1 aliphatic rings. The van der Waals surface area contributed by atoms with E-state index in [0.29, 0.717) is 18.4 Å². The molecule has 118 valence electrons. The first-order valence-electron chi connectivity index (χ1n) is 7.69. The van der Waals surface area contributed by atoms with Gasteiger partial charge in [0, 0.05) is 26.1 Å².